The van der Waals surface area contributed by atoms with Crippen molar-refractivity contribution >= 4 is 16.9 Å². The lowest BCUT2D eigenvalue weighted by Crippen LogP contribution is -2.16. The van der Waals surface area contributed by atoms with E-state index in [0.29, 0.717) is 11.5 Å². The first kappa shape index (κ1) is 13.4. The summed E-state index contributed by atoms with van der Waals surface area (Å²) in [6, 6.07) is 1.90. The van der Waals surface area contributed by atoms with Crippen molar-refractivity contribution in [3.8, 4) is 11.1 Å². The molecule has 0 atom stereocenters. The van der Waals surface area contributed by atoms with Gasteiger partial charge in [0.25, 0.3) is 5.56 Å². The normalized spacial score (nSPS) is 11.0. The van der Waals surface area contributed by atoms with E-state index in [1.165, 1.54) is 0 Å². The summed E-state index contributed by atoms with van der Waals surface area (Å²) in [7, 11) is 1.74. The zero-order valence-corrected chi connectivity index (χ0v) is 12.1. The molecule has 0 aliphatic carbocycles. The van der Waals surface area contributed by atoms with E-state index in [9.17, 15) is 4.79 Å². The highest BCUT2D eigenvalue weighted by Gasteiger charge is 2.10. The van der Waals surface area contributed by atoms with Crippen LogP contribution in [0.4, 0.5) is 5.95 Å². The second-order valence-electron chi connectivity index (χ2n) is 4.95. The molecule has 108 valence electrons. The van der Waals surface area contributed by atoms with E-state index in [-0.39, 0.29) is 5.56 Å². The topological polar surface area (TPSA) is 75.6 Å². The highest BCUT2D eigenvalue weighted by atomic mass is 16.1. The SMILES string of the molecule is CCCNc1ncc(-c2cn(C)c(=O)c3[nH]ccc23)cn1. The quantitative estimate of drug-likeness (QED) is 0.769. The summed E-state index contributed by atoms with van der Waals surface area (Å²) in [5.74, 6) is 0.621. The first-order chi connectivity index (χ1) is 10.2. The molecule has 0 bridgehead atoms. The van der Waals surface area contributed by atoms with E-state index in [1.54, 1.807) is 30.2 Å². The Labute approximate surface area is 121 Å². The Balaban J connectivity index is 2.06. The molecule has 3 aromatic rings. The summed E-state index contributed by atoms with van der Waals surface area (Å²) in [6.07, 6.45) is 8.16. The van der Waals surface area contributed by atoms with Crippen LogP contribution in [-0.2, 0) is 7.05 Å². The van der Waals surface area contributed by atoms with Crippen LogP contribution in [0.2, 0.25) is 0 Å². The number of pyridine rings is 1. The molecule has 0 saturated heterocycles. The van der Waals surface area contributed by atoms with Crippen molar-refractivity contribution in [3.63, 3.8) is 0 Å². The van der Waals surface area contributed by atoms with E-state index in [4.69, 9.17) is 0 Å². The molecule has 6 nitrogen and oxygen atoms in total. The number of aromatic nitrogens is 4. The lowest BCUT2D eigenvalue weighted by Gasteiger charge is -2.07. The van der Waals surface area contributed by atoms with Gasteiger partial charge in [-0.3, -0.25) is 4.79 Å². The minimum atomic E-state index is -0.0408. The molecule has 0 unspecified atom stereocenters. The summed E-state index contributed by atoms with van der Waals surface area (Å²) in [5, 5.41) is 4.03. The largest absolute Gasteiger partial charge is 0.357 e. The van der Waals surface area contributed by atoms with Gasteiger partial charge >= 0.3 is 0 Å². The van der Waals surface area contributed by atoms with Crippen LogP contribution in [0.15, 0.2) is 35.6 Å². The maximum Gasteiger partial charge on any atom is 0.274 e. The molecule has 0 amide bonds. The van der Waals surface area contributed by atoms with Gasteiger partial charge in [0, 0.05) is 54.9 Å². The third kappa shape index (κ3) is 2.40. The number of nitrogens with one attached hydrogen (secondary N) is 2. The van der Waals surface area contributed by atoms with Gasteiger partial charge in [-0.05, 0) is 12.5 Å². The highest BCUT2D eigenvalue weighted by molar-refractivity contribution is 5.93. The molecule has 3 aromatic heterocycles. The molecule has 0 aliphatic heterocycles. The van der Waals surface area contributed by atoms with Crippen LogP contribution in [0, 0.1) is 0 Å². The zero-order chi connectivity index (χ0) is 14.8. The minimum absolute atomic E-state index is 0.0408. The number of anilines is 1. The Morgan fingerprint density at radius 2 is 2.10 bits per heavy atom. The third-order valence-corrected chi connectivity index (χ3v) is 3.39. The van der Waals surface area contributed by atoms with E-state index >= 15 is 0 Å². The summed E-state index contributed by atoms with van der Waals surface area (Å²) in [5.41, 5.74) is 2.39. The number of rotatable bonds is 4. The van der Waals surface area contributed by atoms with E-state index in [0.717, 1.165) is 29.5 Å². The van der Waals surface area contributed by atoms with Gasteiger partial charge in [0.2, 0.25) is 5.95 Å². The fourth-order valence-electron chi connectivity index (χ4n) is 2.29. The lowest BCUT2D eigenvalue weighted by atomic mass is 10.1. The van der Waals surface area contributed by atoms with Gasteiger partial charge in [0.05, 0.1) is 0 Å². The number of aromatic amines is 1. The molecule has 3 rings (SSSR count). The fourth-order valence-corrected chi connectivity index (χ4v) is 2.29. The van der Waals surface area contributed by atoms with Crippen molar-refractivity contribution < 1.29 is 0 Å². The maximum absolute atomic E-state index is 12.0. The summed E-state index contributed by atoms with van der Waals surface area (Å²) in [6.45, 7) is 2.94. The number of aryl methyl sites for hydroxylation is 1. The molecule has 6 heteroatoms. The Morgan fingerprint density at radius 1 is 1.33 bits per heavy atom. The maximum atomic E-state index is 12.0. The molecule has 0 spiro atoms. The Bertz CT molecular complexity index is 816. The minimum Gasteiger partial charge on any atom is -0.357 e. The molecule has 0 fully saturated rings. The standard InChI is InChI=1S/C15H17N5O/c1-3-5-17-15-18-7-10(8-19-15)12-9-20(2)14(21)13-11(12)4-6-16-13/h4,6-9,16H,3,5H2,1-2H3,(H,17,18,19). The predicted molar refractivity (Wildman–Crippen MR) is 83.3 cm³/mol. The van der Waals surface area contributed by atoms with Gasteiger partial charge in [-0.15, -0.1) is 0 Å². The van der Waals surface area contributed by atoms with Crippen molar-refractivity contribution in [1.82, 2.24) is 19.5 Å². The first-order valence-electron chi connectivity index (χ1n) is 6.93. The monoisotopic (exact) mass is 283 g/mol. The number of H-pyrrole nitrogens is 1. The highest BCUT2D eigenvalue weighted by Crippen LogP contribution is 2.25. The van der Waals surface area contributed by atoms with Crippen molar-refractivity contribution in [2.24, 2.45) is 7.05 Å². The van der Waals surface area contributed by atoms with Crippen LogP contribution in [-0.4, -0.2) is 26.1 Å². The van der Waals surface area contributed by atoms with Crippen molar-refractivity contribution in [1.29, 1.82) is 0 Å². The van der Waals surface area contributed by atoms with E-state index in [1.807, 2.05) is 12.3 Å². The van der Waals surface area contributed by atoms with Gasteiger partial charge in [0.15, 0.2) is 0 Å². The van der Waals surface area contributed by atoms with Crippen molar-refractivity contribution in [2.75, 3.05) is 11.9 Å². The average molecular weight is 283 g/mol. The predicted octanol–water partition coefficient (Wildman–Crippen LogP) is 2.15. The second-order valence-corrected chi connectivity index (χ2v) is 4.95. The summed E-state index contributed by atoms with van der Waals surface area (Å²) in [4.78, 5) is 23.7. The molecule has 0 radical (unpaired) electrons. The Hall–Kier alpha value is -2.63. The summed E-state index contributed by atoms with van der Waals surface area (Å²) < 4.78 is 1.57. The number of hydrogen-bond acceptors (Lipinski definition) is 4. The van der Waals surface area contributed by atoms with Gasteiger partial charge in [-0.25, -0.2) is 9.97 Å². The lowest BCUT2D eigenvalue weighted by molar-refractivity contribution is 0.871. The molecular formula is C15H17N5O. The second kappa shape index (κ2) is 5.40. The van der Waals surface area contributed by atoms with Gasteiger partial charge in [0.1, 0.15) is 5.52 Å². The van der Waals surface area contributed by atoms with Gasteiger partial charge in [-0.1, -0.05) is 6.92 Å². The van der Waals surface area contributed by atoms with Gasteiger partial charge < -0.3 is 14.9 Å². The van der Waals surface area contributed by atoms with Crippen LogP contribution in [0.3, 0.4) is 0 Å². The molecule has 0 aromatic carbocycles. The van der Waals surface area contributed by atoms with Gasteiger partial charge in [-0.2, -0.15) is 0 Å². The van der Waals surface area contributed by atoms with Crippen molar-refractivity contribution in [3.05, 3.63) is 41.2 Å². The molecule has 0 saturated carbocycles. The fraction of sp³-hybridized carbons (Fsp3) is 0.267. The summed E-state index contributed by atoms with van der Waals surface area (Å²) >= 11 is 0. The smallest absolute Gasteiger partial charge is 0.274 e. The van der Waals surface area contributed by atoms with Crippen LogP contribution >= 0.6 is 0 Å². The van der Waals surface area contributed by atoms with Crippen LogP contribution in [0.1, 0.15) is 13.3 Å². The number of fused-ring (bicyclic) bond motifs is 1. The molecule has 2 N–H and O–H groups in total. The van der Waals surface area contributed by atoms with Crippen molar-refractivity contribution in [2.45, 2.75) is 13.3 Å². The van der Waals surface area contributed by atoms with E-state index < -0.39 is 0 Å². The molecular weight excluding hydrogens is 266 g/mol. The number of hydrogen-bond donors (Lipinski definition) is 2. The van der Waals surface area contributed by atoms with Crippen LogP contribution in [0.25, 0.3) is 22.0 Å². The molecule has 3 heterocycles. The zero-order valence-electron chi connectivity index (χ0n) is 12.1. The Kier molecular flexibility index (Phi) is 3.43. The van der Waals surface area contributed by atoms with Crippen LogP contribution in [0.5, 0.6) is 0 Å². The first-order valence-corrected chi connectivity index (χ1v) is 6.93. The van der Waals surface area contributed by atoms with E-state index in [2.05, 4.69) is 27.2 Å². The number of nitrogens with zero attached hydrogens (tertiary/aromatic N) is 3. The van der Waals surface area contributed by atoms with Crippen LogP contribution < -0.4 is 10.9 Å². The Morgan fingerprint density at radius 3 is 2.81 bits per heavy atom. The third-order valence-electron chi connectivity index (χ3n) is 3.39. The molecule has 0 aliphatic rings. The molecule has 21 heavy (non-hydrogen) atoms. The average Bonchev–Trinajstić information content (AvgIpc) is 2.99.